The van der Waals surface area contributed by atoms with E-state index in [2.05, 4.69) is 42.2 Å². The molecule has 2 fully saturated rings. The van der Waals surface area contributed by atoms with Crippen molar-refractivity contribution in [2.75, 3.05) is 33.2 Å². The van der Waals surface area contributed by atoms with Crippen molar-refractivity contribution in [1.82, 2.24) is 14.7 Å². The number of rotatable bonds is 10. The van der Waals surface area contributed by atoms with Gasteiger partial charge in [0.05, 0.1) is 10.6 Å². The number of amides is 2. The van der Waals surface area contributed by atoms with E-state index in [0.29, 0.717) is 35.6 Å². The average Bonchev–Trinajstić information content (AvgIpc) is 3.47. The normalized spacial score (nSPS) is 21.0. The first-order chi connectivity index (χ1) is 20.9. The lowest BCUT2D eigenvalue weighted by Crippen LogP contribution is -2.48. The van der Waals surface area contributed by atoms with Crippen molar-refractivity contribution < 1.29 is 14.3 Å². The van der Waals surface area contributed by atoms with Crippen molar-refractivity contribution in [2.45, 2.75) is 63.6 Å². The predicted molar refractivity (Wildman–Crippen MR) is 172 cm³/mol. The Morgan fingerprint density at radius 3 is 2.21 bits per heavy atom. The van der Waals surface area contributed by atoms with Crippen LogP contribution in [0.15, 0.2) is 84.9 Å². The minimum Gasteiger partial charge on any atom is -0.445 e. The van der Waals surface area contributed by atoms with Crippen molar-refractivity contribution in [1.29, 1.82) is 0 Å². The summed E-state index contributed by atoms with van der Waals surface area (Å²) < 4.78 is 5.72. The molecule has 43 heavy (non-hydrogen) atoms. The van der Waals surface area contributed by atoms with Gasteiger partial charge in [-0.2, -0.15) is 0 Å². The van der Waals surface area contributed by atoms with Crippen LogP contribution >= 0.6 is 11.6 Å². The van der Waals surface area contributed by atoms with E-state index >= 15 is 0 Å². The second-order valence-electron chi connectivity index (χ2n) is 12.1. The monoisotopic (exact) mass is 601 g/mol. The summed E-state index contributed by atoms with van der Waals surface area (Å²) in [6.07, 6.45) is 4.48. The first-order valence-electron chi connectivity index (χ1n) is 15.7. The van der Waals surface area contributed by atoms with Gasteiger partial charge in [0, 0.05) is 45.3 Å². The summed E-state index contributed by atoms with van der Waals surface area (Å²) >= 11 is 6.38. The van der Waals surface area contributed by atoms with Gasteiger partial charge in [0.1, 0.15) is 6.61 Å². The number of ether oxygens (including phenoxy) is 1. The average molecular weight is 602 g/mol. The molecular weight excluding hydrogens is 558 g/mol. The molecule has 2 aliphatic rings. The van der Waals surface area contributed by atoms with Gasteiger partial charge < -0.3 is 19.4 Å². The molecule has 1 aliphatic carbocycles. The fourth-order valence-electron chi connectivity index (χ4n) is 6.92. The smallest absolute Gasteiger partial charge is 0.410 e. The third-order valence-corrected chi connectivity index (χ3v) is 9.59. The number of carbonyl (C=O) groups is 2. The minimum atomic E-state index is -0.210. The molecule has 1 saturated carbocycles. The second kappa shape index (κ2) is 14.9. The molecule has 228 valence electrons. The summed E-state index contributed by atoms with van der Waals surface area (Å²) in [6, 6.07) is 28.3. The Labute approximate surface area is 261 Å². The van der Waals surface area contributed by atoms with Crippen LogP contribution in [0, 0.1) is 5.92 Å². The van der Waals surface area contributed by atoms with Crippen molar-refractivity contribution in [3.8, 4) is 0 Å². The Morgan fingerprint density at radius 1 is 0.884 bits per heavy atom. The van der Waals surface area contributed by atoms with Crippen LogP contribution in [0.1, 0.15) is 66.4 Å². The topological polar surface area (TPSA) is 53.1 Å². The lowest BCUT2D eigenvalue weighted by molar-refractivity contribution is 0.0572. The summed E-state index contributed by atoms with van der Waals surface area (Å²) in [4.78, 5) is 32.9. The van der Waals surface area contributed by atoms with Crippen molar-refractivity contribution in [2.24, 2.45) is 5.92 Å². The van der Waals surface area contributed by atoms with Gasteiger partial charge in [0.25, 0.3) is 5.91 Å². The Hall–Kier alpha value is -3.35. The first-order valence-corrected chi connectivity index (χ1v) is 16.1. The number of halogens is 1. The zero-order valence-corrected chi connectivity index (χ0v) is 26.2. The number of nitrogens with zero attached hydrogens (tertiary/aromatic N) is 3. The Bertz CT molecular complexity index is 1330. The van der Waals surface area contributed by atoms with Gasteiger partial charge in [-0.3, -0.25) is 4.79 Å². The number of benzene rings is 3. The molecule has 3 aromatic rings. The van der Waals surface area contributed by atoms with Crippen molar-refractivity contribution in [3.05, 3.63) is 107 Å². The SMILES string of the molecule is CCCN(C(=O)OCc1ccccc1)C1CCN(CC2CC(N(C)C(=O)c3ccccc3Cl)CC2c2ccccc2)CC1. The lowest BCUT2D eigenvalue weighted by Gasteiger charge is -2.39. The third-order valence-electron chi connectivity index (χ3n) is 9.26. The third kappa shape index (κ3) is 7.79. The summed E-state index contributed by atoms with van der Waals surface area (Å²) in [6.45, 7) is 6.02. The van der Waals surface area contributed by atoms with E-state index in [1.54, 1.807) is 6.07 Å². The zero-order chi connectivity index (χ0) is 30.2. The van der Waals surface area contributed by atoms with Crippen LogP contribution in [0.25, 0.3) is 0 Å². The van der Waals surface area contributed by atoms with Crippen molar-refractivity contribution in [3.63, 3.8) is 0 Å². The van der Waals surface area contributed by atoms with E-state index in [9.17, 15) is 9.59 Å². The number of hydrogen-bond acceptors (Lipinski definition) is 4. The number of piperidine rings is 1. The highest BCUT2D eigenvalue weighted by molar-refractivity contribution is 6.33. The summed E-state index contributed by atoms with van der Waals surface area (Å²) in [7, 11) is 1.92. The maximum atomic E-state index is 13.4. The first kappa shape index (κ1) is 31.1. The summed E-state index contributed by atoms with van der Waals surface area (Å²) in [5, 5.41) is 0.498. The molecule has 1 saturated heterocycles. The van der Waals surface area contributed by atoms with E-state index < -0.39 is 0 Å². The lowest BCUT2D eigenvalue weighted by atomic mass is 9.88. The molecule has 3 unspecified atom stereocenters. The number of hydrogen-bond donors (Lipinski definition) is 0. The van der Waals surface area contributed by atoms with Crippen LogP contribution in [0.2, 0.25) is 5.02 Å². The van der Waals surface area contributed by atoms with Gasteiger partial charge in [-0.15, -0.1) is 0 Å². The molecule has 3 aromatic carbocycles. The molecule has 0 N–H and O–H groups in total. The second-order valence-corrected chi connectivity index (χ2v) is 12.5. The molecule has 6 nitrogen and oxygen atoms in total. The molecule has 1 aliphatic heterocycles. The van der Waals surface area contributed by atoms with Crippen LogP contribution < -0.4 is 0 Å². The zero-order valence-electron chi connectivity index (χ0n) is 25.4. The Balaban J connectivity index is 1.21. The van der Waals surface area contributed by atoms with Gasteiger partial charge in [-0.25, -0.2) is 4.79 Å². The van der Waals surface area contributed by atoms with Gasteiger partial charge in [-0.05, 0) is 67.2 Å². The van der Waals surface area contributed by atoms with Gasteiger partial charge in [0.15, 0.2) is 0 Å². The Kier molecular flexibility index (Phi) is 10.8. The van der Waals surface area contributed by atoms with Crippen LogP contribution in [0.5, 0.6) is 0 Å². The van der Waals surface area contributed by atoms with E-state index in [-0.39, 0.29) is 24.1 Å². The highest BCUT2D eigenvalue weighted by atomic mass is 35.5. The highest BCUT2D eigenvalue weighted by Gasteiger charge is 2.40. The van der Waals surface area contributed by atoms with Gasteiger partial charge in [0.2, 0.25) is 0 Å². The van der Waals surface area contributed by atoms with E-state index in [4.69, 9.17) is 16.3 Å². The maximum absolute atomic E-state index is 13.4. The van der Waals surface area contributed by atoms with Crippen LogP contribution in [0.4, 0.5) is 4.79 Å². The molecule has 7 heteroatoms. The molecule has 2 amide bonds. The highest BCUT2D eigenvalue weighted by Crippen LogP contribution is 2.43. The maximum Gasteiger partial charge on any atom is 0.410 e. The molecule has 5 rings (SSSR count). The van der Waals surface area contributed by atoms with Crippen LogP contribution in [0.3, 0.4) is 0 Å². The van der Waals surface area contributed by atoms with Crippen molar-refractivity contribution >= 4 is 23.6 Å². The quantitative estimate of drug-likeness (QED) is 0.242. The van der Waals surface area contributed by atoms with Gasteiger partial charge >= 0.3 is 6.09 Å². The molecule has 1 heterocycles. The fourth-order valence-corrected chi connectivity index (χ4v) is 7.14. The molecule has 0 spiro atoms. The minimum absolute atomic E-state index is 0.0148. The summed E-state index contributed by atoms with van der Waals surface area (Å²) in [5.41, 5.74) is 2.91. The van der Waals surface area contributed by atoms with Crippen LogP contribution in [-0.4, -0.2) is 72.0 Å². The standard InChI is InChI=1S/C36H44ClN3O3/c1-3-20-40(36(42)43-26-27-12-6-4-7-13-27)30-18-21-39(22-19-30)25-29-23-31(24-33(29)28-14-8-5-9-15-28)38(2)35(41)32-16-10-11-17-34(32)37/h4-17,29-31,33H,3,18-26H2,1-2H3. The van der Waals surface area contributed by atoms with E-state index in [1.807, 2.05) is 65.4 Å². The van der Waals surface area contributed by atoms with E-state index in [0.717, 1.165) is 57.3 Å². The Morgan fingerprint density at radius 2 is 1.53 bits per heavy atom. The molecule has 0 bridgehead atoms. The predicted octanol–water partition coefficient (Wildman–Crippen LogP) is 7.49. The van der Waals surface area contributed by atoms with Crippen LogP contribution in [-0.2, 0) is 11.3 Å². The fraction of sp³-hybridized carbons (Fsp3) is 0.444. The molecule has 3 atom stereocenters. The van der Waals surface area contributed by atoms with E-state index in [1.165, 1.54) is 5.56 Å². The largest absolute Gasteiger partial charge is 0.445 e. The van der Waals surface area contributed by atoms with Gasteiger partial charge in [-0.1, -0.05) is 91.3 Å². The summed E-state index contributed by atoms with van der Waals surface area (Å²) in [5.74, 6) is 0.807. The number of likely N-dealkylation sites (tertiary alicyclic amines) is 1. The molecule has 0 radical (unpaired) electrons. The molecule has 0 aromatic heterocycles. The number of carbonyl (C=O) groups excluding carboxylic acids is 2. The molecular formula is C36H44ClN3O3.